The van der Waals surface area contributed by atoms with Gasteiger partial charge in [-0.2, -0.15) is 0 Å². The predicted molar refractivity (Wildman–Crippen MR) is 118 cm³/mol. The molecule has 2 aromatic carbocycles. The smallest absolute Gasteiger partial charge is 0.315 e. The lowest BCUT2D eigenvalue weighted by Crippen LogP contribution is -2.48. The number of carbonyl (C=O) groups is 1. The molecule has 1 atom stereocenters. The molecule has 4 rings (SSSR count). The number of anilines is 1. The van der Waals surface area contributed by atoms with Crippen LogP contribution in [-0.2, 0) is 6.54 Å². The van der Waals surface area contributed by atoms with Crippen molar-refractivity contribution < 1.29 is 9.18 Å². The highest BCUT2D eigenvalue weighted by molar-refractivity contribution is 5.74. The first-order valence-corrected chi connectivity index (χ1v) is 11.0. The van der Waals surface area contributed by atoms with Gasteiger partial charge in [-0.05, 0) is 55.0 Å². The van der Waals surface area contributed by atoms with E-state index in [0.29, 0.717) is 5.92 Å². The summed E-state index contributed by atoms with van der Waals surface area (Å²) in [5, 5.41) is 6.21. The minimum absolute atomic E-state index is 0.0508. The first-order valence-electron chi connectivity index (χ1n) is 11.0. The Morgan fingerprint density at radius 1 is 0.967 bits per heavy atom. The van der Waals surface area contributed by atoms with E-state index in [1.54, 1.807) is 0 Å². The molecule has 2 saturated heterocycles. The second-order valence-corrected chi connectivity index (χ2v) is 8.47. The number of amides is 2. The van der Waals surface area contributed by atoms with Crippen LogP contribution in [0.5, 0.6) is 0 Å². The average molecular weight is 411 g/mol. The average Bonchev–Trinajstić information content (AvgIpc) is 3.25. The van der Waals surface area contributed by atoms with Crippen molar-refractivity contribution in [1.82, 2.24) is 15.5 Å². The van der Waals surface area contributed by atoms with Crippen molar-refractivity contribution in [2.24, 2.45) is 5.92 Å². The van der Waals surface area contributed by atoms with Gasteiger partial charge in [0.2, 0.25) is 0 Å². The van der Waals surface area contributed by atoms with E-state index in [-0.39, 0.29) is 17.9 Å². The number of para-hydroxylation sites is 1. The molecule has 2 amide bonds. The first kappa shape index (κ1) is 20.7. The molecule has 2 N–H and O–H groups in total. The third-order valence-corrected chi connectivity index (χ3v) is 6.20. The van der Waals surface area contributed by atoms with Gasteiger partial charge in [-0.25, -0.2) is 9.18 Å². The van der Waals surface area contributed by atoms with Crippen molar-refractivity contribution in [2.45, 2.75) is 31.8 Å². The van der Waals surface area contributed by atoms with Gasteiger partial charge in [0.05, 0.1) is 0 Å². The van der Waals surface area contributed by atoms with Crippen LogP contribution in [0, 0.1) is 11.7 Å². The Balaban J connectivity index is 1.13. The molecule has 0 bridgehead atoms. The summed E-state index contributed by atoms with van der Waals surface area (Å²) in [5.41, 5.74) is 2.39. The van der Waals surface area contributed by atoms with E-state index in [4.69, 9.17) is 0 Å². The highest BCUT2D eigenvalue weighted by Crippen LogP contribution is 2.23. The van der Waals surface area contributed by atoms with Crippen LogP contribution < -0.4 is 15.5 Å². The molecule has 0 unspecified atom stereocenters. The van der Waals surface area contributed by atoms with Gasteiger partial charge in [0, 0.05) is 51.0 Å². The number of hydrogen-bond donors (Lipinski definition) is 2. The fraction of sp³-hybridized carbons (Fsp3) is 0.458. The standard InChI is InChI=1S/C24H31FN4O/c25-21-8-6-19(7-9-21)17-28-13-11-22(12-14-28)27-24(30)26-16-20-10-15-29(18-20)23-4-2-1-3-5-23/h1-9,20,22H,10-18H2,(H2,26,27,30)/t20-/m0/s1. The number of rotatable bonds is 6. The first-order chi connectivity index (χ1) is 14.7. The van der Waals surface area contributed by atoms with Crippen LogP contribution in [0.1, 0.15) is 24.8 Å². The Kier molecular flexibility index (Phi) is 6.84. The van der Waals surface area contributed by atoms with Gasteiger partial charge in [0.25, 0.3) is 0 Å². The maximum absolute atomic E-state index is 13.0. The van der Waals surface area contributed by atoms with E-state index in [1.165, 1.54) is 17.8 Å². The van der Waals surface area contributed by atoms with Crippen LogP contribution in [0.4, 0.5) is 14.9 Å². The zero-order valence-corrected chi connectivity index (χ0v) is 17.4. The lowest BCUT2D eigenvalue weighted by Gasteiger charge is -2.32. The topological polar surface area (TPSA) is 47.6 Å². The molecular weight excluding hydrogens is 379 g/mol. The van der Waals surface area contributed by atoms with Crippen molar-refractivity contribution >= 4 is 11.7 Å². The second kappa shape index (κ2) is 9.94. The number of piperidine rings is 1. The van der Waals surface area contributed by atoms with Crippen molar-refractivity contribution in [2.75, 3.05) is 37.6 Å². The monoisotopic (exact) mass is 410 g/mol. The zero-order chi connectivity index (χ0) is 20.8. The fourth-order valence-corrected chi connectivity index (χ4v) is 4.43. The van der Waals surface area contributed by atoms with Gasteiger partial charge < -0.3 is 15.5 Å². The third-order valence-electron chi connectivity index (χ3n) is 6.20. The Bertz CT molecular complexity index is 806. The molecule has 0 aromatic heterocycles. The van der Waals surface area contributed by atoms with Crippen LogP contribution in [0.25, 0.3) is 0 Å². The summed E-state index contributed by atoms with van der Waals surface area (Å²) in [6.07, 6.45) is 3.00. The minimum Gasteiger partial charge on any atom is -0.371 e. The molecule has 0 radical (unpaired) electrons. The molecule has 160 valence electrons. The normalized spacial score (nSPS) is 20.3. The summed E-state index contributed by atoms with van der Waals surface area (Å²) in [6.45, 7) is 5.47. The fourth-order valence-electron chi connectivity index (χ4n) is 4.43. The van der Waals surface area contributed by atoms with Crippen molar-refractivity contribution in [1.29, 1.82) is 0 Å². The van der Waals surface area contributed by atoms with Gasteiger partial charge >= 0.3 is 6.03 Å². The van der Waals surface area contributed by atoms with Crippen LogP contribution in [0.15, 0.2) is 54.6 Å². The Labute approximate surface area is 178 Å². The number of likely N-dealkylation sites (tertiary alicyclic amines) is 1. The van der Waals surface area contributed by atoms with E-state index in [1.807, 2.05) is 18.2 Å². The highest BCUT2D eigenvalue weighted by Gasteiger charge is 2.24. The number of urea groups is 1. The van der Waals surface area contributed by atoms with E-state index in [2.05, 4.69) is 44.7 Å². The Morgan fingerprint density at radius 2 is 1.70 bits per heavy atom. The van der Waals surface area contributed by atoms with E-state index in [9.17, 15) is 9.18 Å². The minimum atomic E-state index is -0.196. The molecule has 2 aromatic rings. The van der Waals surface area contributed by atoms with E-state index < -0.39 is 0 Å². The molecule has 2 heterocycles. The van der Waals surface area contributed by atoms with Gasteiger partial charge in [-0.1, -0.05) is 30.3 Å². The molecular formula is C24H31FN4O. The Hall–Kier alpha value is -2.60. The van der Waals surface area contributed by atoms with Crippen LogP contribution >= 0.6 is 0 Å². The molecule has 0 saturated carbocycles. The summed E-state index contributed by atoms with van der Waals surface area (Å²) >= 11 is 0. The molecule has 2 aliphatic rings. The van der Waals surface area contributed by atoms with Crippen LogP contribution in [0.3, 0.4) is 0 Å². The second-order valence-electron chi connectivity index (χ2n) is 8.47. The van der Waals surface area contributed by atoms with Crippen molar-refractivity contribution in [3.05, 3.63) is 66.0 Å². The predicted octanol–water partition coefficient (Wildman–Crippen LogP) is 3.62. The number of carbonyl (C=O) groups excluding carboxylic acids is 1. The van der Waals surface area contributed by atoms with Crippen LogP contribution in [0.2, 0.25) is 0 Å². The number of nitrogens with one attached hydrogen (secondary N) is 2. The maximum atomic E-state index is 13.0. The number of hydrogen-bond acceptors (Lipinski definition) is 3. The lowest BCUT2D eigenvalue weighted by atomic mass is 10.0. The third kappa shape index (κ3) is 5.72. The largest absolute Gasteiger partial charge is 0.371 e. The maximum Gasteiger partial charge on any atom is 0.315 e. The summed E-state index contributed by atoms with van der Waals surface area (Å²) in [6, 6.07) is 17.3. The molecule has 30 heavy (non-hydrogen) atoms. The number of benzene rings is 2. The van der Waals surface area contributed by atoms with Gasteiger partial charge in [0.15, 0.2) is 0 Å². The number of halogens is 1. The molecule has 0 spiro atoms. The molecule has 0 aliphatic carbocycles. The van der Waals surface area contributed by atoms with Crippen molar-refractivity contribution in [3.63, 3.8) is 0 Å². The zero-order valence-electron chi connectivity index (χ0n) is 17.4. The number of nitrogens with zero attached hydrogens (tertiary/aromatic N) is 2. The van der Waals surface area contributed by atoms with Gasteiger partial charge in [-0.15, -0.1) is 0 Å². The van der Waals surface area contributed by atoms with E-state index in [0.717, 1.165) is 64.1 Å². The summed E-state index contributed by atoms with van der Waals surface area (Å²) in [7, 11) is 0. The lowest BCUT2D eigenvalue weighted by molar-refractivity contribution is 0.186. The summed E-state index contributed by atoms with van der Waals surface area (Å²) in [4.78, 5) is 17.1. The molecule has 6 heteroatoms. The van der Waals surface area contributed by atoms with Crippen LogP contribution in [-0.4, -0.2) is 49.7 Å². The quantitative estimate of drug-likeness (QED) is 0.765. The molecule has 2 fully saturated rings. The Morgan fingerprint density at radius 3 is 2.43 bits per heavy atom. The molecule has 5 nitrogen and oxygen atoms in total. The van der Waals surface area contributed by atoms with E-state index >= 15 is 0 Å². The van der Waals surface area contributed by atoms with Gasteiger partial charge in [-0.3, -0.25) is 4.90 Å². The highest BCUT2D eigenvalue weighted by atomic mass is 19.1. The summed E-state index contributed by atoms with van der Waals surface area (Å²) < 4.78 is 13.0. The summed E-state index contributed by atoms with van der Waals surface area (Å²) in [5.74, 6) is 0.298. The van der Waals surface area contributed by atoms with Crippen molar-refractivity contribution in [3.8, 4) is 0 Å². The SMILES string of the molecule is O=C(NC[C@@H]1CCN(c2ccccc2)C1)NC1CCN(Cc2ccc(F)cc2)CC1. The molecule has 2 aliphatic heterocycles. The van der Waals surface area contributed by atoms with Gasteiger partial charge in [0.1, 0.15) is 5.82 Å².